The lowest BCUT2D eigenvalue weighted by atomic mass is 10.3. The SMILES string of the molecule is O=CCCO/C(=C\CO)CC(=O)O. The lowest BCUT2D eigenvalue weighted by molar-refractivity contribution is -0.136. The van der Waals surface area contributed by atoms with Crippen LogP contribution in [0.25, 0.3) is 0 Å². The summed E-state index contributed by atoms with van der Waals surface area (Å²) in [6.07, 6.45) is 1.87. The molecule has 0 aliphatic carbocycles. The van der Waals surface area contributed by atoms with Crippen LogP contribution >= 0.6 is 0 Å². The number of rotatable bonds is 7. The van der Waals surface area contributed by atoms with Crippen LogP contribution in [0.3, 0.4) is 0 Å². The number of aldehydes is 1. The first kappa shape index (κ1) is 11.6. The monoisotopic (exact) mass is 188 g/mol. The van der Waals surface area contributed by atoms with E-state index in [1.54, 1.807) is 0 Å². The molecule has 0 aromatic carbocycles. The number of aliphatic hydroxyl groups is 1. The van der Waals surface area contributed by atoms with E-state index in [-0.39, 0.29) is 31.8 Å². The van der Waals surface area contributed by atoms with Crippen LogP contribution in [0.2, 0.25) is 0 Å². The van der Waals surface area contributed by atoms with Gasteiger partial charge in [0.1, 0.15) is 18.5 Å². The van der Waals surface area contributed by atoms with Gasteiger partial charge in [0.05, 0.1) is 13.2 Å². The zero-order chi connectivity index (χ0) is 10.1. The van der Waals surface area contributed by atoms with E-state index in [4.69, 9.17) is 14.9 Å². The van der Waals surface area contributed by atoms with Crippen molar-refractivity contribution in [2.24, 2.45) is 0 Å². The molecule has 0 fully saturated rings. The van der Waals surface area contributed by atoms with Crippen LogP contribution in [0.15, 0.2) is 11.8 Å². The van der Waals surface area contributed by atoms with Crippen LogP contribution in [-0.4, -0.2) is 35.7 Å². The van der Waals surface area contributed by atoms with Gasteiger partial charge < -0.3 is 19.7 Å². The summed E-state index contributed by atoms with van der Waals surface area (Å²) in [6, 6.07) is 0. The summed E-state index contributed by atoms with van der Waals surface area (Å²) in [5, 5.41) is 16.9. The van der Waals surface area contributed by atoms with Crippen LogP contribution in [0, 0.1) is 0 Å². The molecular formula is C8H12O5. The van der Waals surface area contributed by atoms with Crippen molar-refractivity contribution < 1.29 is 24.5 Å². The average Bonchev–Trinajstić information content (AvgIpc) is 2.04. The second-order valence-corrected chi connectivity index (χ2v) is 2.23. The van der Waals surface area contributed by atoms with Crippen molar-refractivity contribution in [2.45, 2.75) is 12.8 Å². The predicted octanol–water partition coefficient (Wildman–Crippen LogP) is -0.0571. The maximum absolute atomic E-state index is 10.2. The summed E-state index contributed by atoms with van der Waals surface area (Å²) in [4.78, 5) is 20.1. The minimum absolute atomic E-state index is 0.141. The van der Waals surface area contributed by atoms with Gasteiger partial charge >= 0.3 is 5.97 Å². The van der Waals surface area contributed by atoms with Crippen molar-refractivity contribution in [1.82, 2.24) is 0 Å². The highest BCUT2D eigenvalue weighted by Crippen LogP contribution is 2.03. The third-order valence-corrected chi connectivity index (χ3v) is 1.17. The molecule has 0 aromatic rings. The molecule has 5 nitrogen and oxygen atoms in total. The topological polar surface area (TPSA) is 83.8 Å². The molecule has 2 N–H and O–H groups in total. The lowest BCUT2D eigenvalue weighted by Crippen LogP contribution is -2.03. The fourth-order valence-electron chi connectivity index (χ4n) is 0.671. The number of ether oxygens (including phenoxy) is 1. The number of carboxylic acid groups (broad SMARTS) is 1. The second kappa shape index (κ2) is 7.30. The Labute approximate surface area is 75.6 Å². The van der Waals surface area contributed by atoms with Crippen LogP contribution in [0.5, 0.6) is 0 Å². The van der Waals surface area contributed by atoms with E-state index in [0.29, 0.717) is 6.29 Å². The standard InChI is InChI=1S/C8H12O5/c9-3-1-5-13-7(2-4-10)6-8(11)12/h2-3,10H,1,4-6H2,(H,11,12)/b7-2-. The molecule has 0 bridgehead atoms. The minimum Gasteiger partial charge on any atom is -0.497 e. The summed E-state index contributed by atoms with van der Waals surface area (Å²) in [5.41, 5.74) is 0. The van der Waals surface area contributed by atoms with E-state index in [1.165, 1.54) is 6.08 Å². The third-order valence-electron chi connectivity index (χ3n) is 1.17. The predicted molar refractivity (Wildman–Crippen MR) is 44.1 cm³/mol. The van der Waals surface area contributed by atoms with Gasteiger partial charge in [0, 0.05) is 6.42 Å². The Bertz CT molecular complexity index is 197. The molecule has 0 atom stereocenters. The summed E-state index contributed by atoms with van der Waals surface area (Å²) in [7, 11) is 0. The zero-order valence-electron chi connectivity index (χ0n) is 7.10. The summed E-state index contributed by atoms with van der Waals surface area (Å²) in [5.74, 6) is -0.859. The van der Waals surface area contributed by atoms with E-state index in [2.05, 4.69) is 0 Å². The number of carboxylic acids is 1. The summed E-state index contributed by atoms with van der Waals surface area (Å²) < 4.78 is 4.92. The molecule has 13 heavy (non-hydrogen) atoms. The van der Waals surface area contributed by atoms with Gasteiger partial charge in [-0.15, -0.1) is 0 Å². The highest BCUT2D eigenvalue weighted by atomic mass is 16.5. The van der Waals surface area contributed by atoms with Crippen molar-refractivity contribution in [3.63, 3.8) is 0 Å². The molecule has 0 radical (unpaired) electrons. The van der Waals surface area contributed by atoms with Gasteiger partial charge in [-0.25, -0.2) is 0 Å². The molecule has 0 saturated carbocycles. The van der Waals surface area contributed by atoms with Gasteiger partial charge in [-0.3, -0.25) is 4.79 Å². The van der Waals surface area contributed by atoms with Crippen LogP contribution in [0.1, 0.15) is 12.8 Å². The van der Waals surface area contributed by atoms with E-state index >= 15 is 0 Å². The summed E-state index contributed by atoms with van der Waals surface area (Å²) >= 11 is 0. The van der Waals surface area contributed by atoms with Gasteiger partial charge in [0.2, 0.25) is 0 Å². The first-order valence-corrected chi connectivity index (χ1v) is 3.78. The van der Waals surface area contributed by atoms with Crippen molar-refractivity contribution in [2.75, 3.05) is 13.2 Å². The quantitative estimate of drug-likeness (QED) is 0.332. The van der Waals surface area contributed by atoms with E-state index in [0.717, 1.165) is 0 Å². The number of carbonyl (C=O) groups is 2. The Hall–Kier alpha value is -1.36. The maximum Gasteiger partial charge on any atom is 0.311 e. The number of hydrogen-bond donors (Lipinski definition) is 2. The van der Waals surface area contributed by atoms with Crippen LogP contribution in [-0.2, 0) is 14.3 Å². The van der Waals surface area contributed by atoms with E-state index in [1.807, 2.05) is 0 Å². The Balaban J connectivity index is 3.87. The molecule has 0 spiro atoms. The molecule has 74 valence electrons. The number of hydrogen-bond acceptors (Lipinski definition) is 4. The molecule has 0 heterocycles. The molecular weight excluding hydrogens is 176 g/mol. The summed E-state index contributed by atoms with van der Waals surface area (Å²) in [6.45, 7) is -0.133. The normalized spacial score (nSPS) is 11.0. The average molecular weight is 188 g/mol. The van der Waals surface area contributed by atoms with Crippen molar-refractivity contribution in [3.8, 4) is 0 Å². The molecule has 0 amide bonds. The minimum atomic E-state index is -1.04. The first-order chi connectivity index (χ1) is 6.20. The fraction of sp³-hybridized carbons (Fsp3) is 0.500. The molecule has 0 aliphatic rings. The highest BCUT2D eigenvalue weighted by Gasteiger charge is 2.04. The Morgan fingerprint density at radius 3 is 2.62 bits per heavy atom. The van der Waals surface area contributed by atoms with Gasteiger partial charge in [-0.2, -0.15) is 0 Å². The first-order valence-electron chi connectivity index (χ1n) is 3.78. The van der Waals surface area contributed by atoms with Crippen molar-refractivity contribution in [3.05, 3.63) is 11.8 Å². The Morgan fingerprint density at radius 2 is 2.15 bits per heavy atom. The van der Waals surface area contributed by atoms with Crippen molar-refractivity contribution >= 4 is 12.3 Å². The van der Waals surface area contributed by atoms with Gasteiger partial charge in [0.25, 0.3) is 0 Å². The third kappa shape index (κ3) is 7.02. The van der Waals surface area contributed by atoms with E-state index < -0.39 is 5.97 Å². The number of carbonyl (C=O) groups excluding carboxylic acids is 1. The van der Waals surface area contributed by atoms with E-state index in [9.17, 15) is 9.59 Å². The van der Waals surface area contributed by atoms with Crippen LogP contribution in [0.4, 0.5) is 0 Å². The van der Waals surface area contributed by atoms with Gasteiger partial charge in [-0.05, 0) is 6.08 Å². The zero-order valence-corrected chi connectivity index (χ0v) is 7.10. The molecule has 0 aromatic heterocycles. The lowest BCUT2D eigenvalue weighted by Gasteiger charge is -2.05. The maximum atomic E-state index is 10.2. The largest absolute Gasteiger partial charge is 0.497 e. The van der Waals surface area contributed by atoms with Crippen LogP contribution < -0.4 is 0 Å². The van der Waals surface area contributed by atoms with Gasteiger partial charge in [0.15, 0.2) is 0 Å². The second-order valence-electron chi connectivity index (χ2n) is 2.23. The molecule has 0 rings (SSSR count). The Kier molecular flexibility index (Phi) is 6.53. The number of aliphatic carboxylic acids is 1. The van der Waals surface area contributed by atoms with Crippen molar-refractivity contribution in [1.29, 1.82) is 0 Å². The molecule has 0 saturated heterocycles. The fourth-order valence-corrected chi connectivity index (χ4v) is 0.671. The molecule has 5 heteroatoms. The Morgan fingerprint density at radius 1 is 1.46 bits per heavy atom. The highest BCUT2D eigenvalue weighted by molar-refractivity contribution is 5.69. The molecule has 0 unspecified atom stereocenters. The smallest absolute Gasteiger partial charge is 0.311 e. The number of aliphatic hydroxyl groups excluding tert-OH is 1. The van der Waals surface area contributed by atoms with Gasteiger partial charge in [-0.1, -0.05) is 0 Å². The molecule has 0 aliphatic heterocycles.